The Morgan fingerprint density at radius 3 is 2.56 bits per heavy atom. The summed E-state index contributed by atoms with van der Waals surface area (Å²) in [6.07, 6.45) is -3.63. The van der Waals surface area contributed by atoms with E-state index in [9.17, 15) is 22.4 Å². The second-order valence-corrected chi connectivity index (χ2v) is 5.44. The molecular weight excluding hydrogens is 370 g/mol. The number of carbonyl (C=O) groups excluding carboxylic acids is 1. The smallest absolute Gasteiger partial charge is 0.380 e. The Labute approximate surface area is 149 Å². The molecule has 7 nitrogen and oxygen atoms in total. The van der Waals surface area contributed by atoms with Crippen LogP contribution in [0.15, 0.2) is 41.7 Å². The summed E-state index contributed by atoms with van der Waals surface area (Å²) in [7, 11) is 0. The van der Waals surface area contributed by atoms with Crippen LogP contribution in [-0.4, -0.2) is 26.4 Å². The largest absolute Gasteiger partial charge is 0.433 e. The lowest BCUT2D eigenvalue weighted by molar-refractivity contribution is -0.142. The molecule has 1 aromatic carbocycles. The number of alkyl halides is 3. The molecule has 27 heavy (non-hydrogen) atoms. The Bertz CT molecular complexity index is 1040. The van der Waals surface area contributed by atoms with Gasteiger partial charge in [0.25, 0.3) is 0 Å². The van der Waals surface area contributed by atoms with Crippen LogP contribution in [0.4, 0.5) is 17.6 Å². The van der Waals surface area contributed by atoms with E-state index in [1.54, 1.807) is 0 Å². The van der Waals surface area contributed by atoms with E-state index in [-0.39, 0.29) is 22.5 Å². The highest BCUT2D eigenvalue weighted by Crippen LogP contribution is 2.30. The maximum atomic E-state index is 13.1. The van der Waals surface area contributed by atoms with Crippen LogP contribution >= 0.6 is 0 Å². The van der Waals surface area contributed by atoms with Gasteiger partial charge in [0.05, 0.1) is 17.3 Å². The van der Waals surface area contributed by atoms with Gasteiger partial charge in [-0.3, -0.25) is 0 Å². The summed E-state index contributed by atoms with van der Waals surface area (Å²) in [5.74, 6) is -1.86. The fourth-order valence-corrected chi connectivity index (χ4v) is 2.25. The lowest BCUT2D eigenvalue weighted by Crippen LogP contribution is -2.17. The topological polar surface area (TPSA) is 94.9 Å². The molecule has 3 rings (SSSR count). The van der Waals surface area contributed by atoms with E-state index in [1.807, 2.05) is 0 Å². The predicted octanol–water partition coefficient (Wildman–Crippen LogP) is 2.67. The van der Waals surface area contributed by atoms with Gasteiger partial charge in [0.15, 0.2) is 11.5 Å². The summed E-state index contributed by atoms with van der Waals surface area (Å²) in [5.41, 5.74) is 4.54. The van der Waals surface area contributed by atoms with Crippen molar-refractivity contribution in [3.8, 4) is 0 Å². The molecule has 2 N–H and O–H groups in total. The molecule has 0 bridgehead atoms. The maximum Gasteiger partial charge on any atom is 0.433 e. The Hall–Kier alpha value is -3.50. The summed E-state index contributed by atoms with van der Waals surface area (Å²) in [4.78, 5) is 20.5. The van der Waals surface area contributed by atoms with Crippen LogP contribution in [0.25, 0.3) is 5.65 Å². The first-order chi connectivity index (χ1) is 12.7. The quantitative estimate of drug-likeness (QED) is 0.247. The number of amidine groups is 1. The van der Waals surface area contributed by atoms with Gasteiger partial charge in [-0.05, 0) is 37.3 Å². The second kappa shape index (κ2) is 6.67. The number of halogens is 4. The van der Waals surface area contributed by atoms with E-state index >= 15 is 0 Å². The third-order valence-electron chi connectivity index (χ3n) is 3.47. The molecule has 0 unspecified atom stereocenters. The molecule has 140 valence electrons. The Balaban J connectivity index is 1.93. The van der Waals surface area contributed by atoms with E-state index in [1.165, 1.54) is 19.1 Å². The number of hydrogen-bond donors (Lipinski definition) is 1. The van der Waals surface area contributed by atoms with Crippen LogP contribution in [0.1, 0.15) is 27.3 Å². The van der Waals surface area contributed by atoms with E-state index < -0.39 is 29.5 Å². The lowest BCUT2D eigenvalue weighted by atomic mass is 10.2. The highest BCUT2D eigenvalue weighted by atomic mass is 19.4. The van der Waals surface area contributed by atoms with Gasteiger partial charge in [-0.15, -0.1) is 0 Å². The molecule has 0 saturated heterocycles. The molecule has 0 aliphatic carbocycles. The SMILES string of the molecule is Cc1cc(C(F)(F)F)n2ncc(/C(N)=N/OC(=O)c3ccc(F)cc3)c2n1. The van der Waals surface area contributed by atoms with Crippen molar-refractivity contribution < 1.29 is 27.2 Å². The second-order valence-electron chi connectivity index (χ2n) is 5.44. The van der Waals surface area contributed by atoms with Gasteiger partial charge in [-0.1, -0.05) is 5.16 Å². The van der Waals surface area contributed by atoms with E-state index in [0.29, 0.717) is 4.52 Å². The number of nitrogens with zero attached hydrogens (tertiary/aromatic N) is 4. The van der Waals surface area contributed by atoms with Crippen LogP contribution in [0.2, 0.25) is 0 Å². The average Bonchev–Trinajstić information content (AvgIpc) is 3.02. The molecule has 0 fully saturated rings. The molecule has 2 aromatic heterocycles. The van der Waals surface area contributed by atoms with Crippen molar-refractivity contribution >= 4 is 17.5 Å². The summed E-state index contributed by atoms with van der Waals surface area (Å²) in [5, 5.41) is 7.05. The molecule has 3 aromatic rings. The van der Waals surface area contributed by atoms with E-state index in [0.717, 1.165) is 24.4 Å². The minimum atomic E-state index is -4.66. The number of aromatic nitrogens is 3. The number of aryl methyl sites for hydroxylation is 1. The number of oxime groups is 1. The molecule has 2 heterocycles. The first kappa shape index (κ1) is 18.3. The molecule has 0 saturated carbocycles. The zero-order valence-electron chi connectivity index (χ0n) is 13.7. The number of benzene rings is 1. The van der Waals surface area contributed by atoms with Crippen LogP contribution in [0.3, 0.4) is 0 Å². The average molecular weight is 381 g/mol. The van der Waals surface area contributed by atoms with E-state index in [2.05, 4.69) is 20.1 Å². The first-order valence-corrected chi connectivity index (χ1v) is 7.40. The zero-order valence-corrected chi connectivity index (χ0v) is 13.7. The fraction of sp³-hybridized carbons (Fsp3) is 0.125. The lowest BCUT2D eigenvalue weighted by Gasteiger charge is -2.09. The van der Waals surface area contributed by atoms with Gasteiger partial charge in [0.1, 0.15) is 11.5 Å². The van der Waals surface area contributed by atoms with Crippen molar-refractivity contribution in [1.29, 1.82) is 0 Å². The van der Waals surface area contributed by atoms with Crippen molar-refractivity contribution in [3.63, 3.8) is 0 Å². The number of nitrogens with two attached hydrogens (primary N) is 1. The minimum Gasteiger partial charge on any atom is -0.380 e. The summed E-state index contributed by atoms with van der Waals surface area (Å²) in [6.45, 7) is 1.38. The molecule has 0 radical (unpaired) electrons. The van der Waals surface area contributed by atoms with Crippen LogP contribution < -0.4 is 5.73 Å². The van der Waals surface area contributed by atoms with Crippen molar-refractivity contribution in [3.05, 3.63) is 64.9 Å². The molecule has 11 heteroatoms. The Morgan fingerprint density at radius 1 is 1.26 bits per heavy atom. The molecule has 0 aliphatic rings. The third-order valence-corrected chi connectivity index (χ3v) is 3.47. The van der Waals surface area contributed by atoms with Gasteiger partial charge in [-0.25, -0.2) is 18.7 Å². The van der Waals surface area contributed by atoms with Crippen LogP contribution in [0, 0.1) is 12.7 Å². The normalized spacial score (nSPS) is 12.4. The third kappa shape index (κ3) is 3.71. The fourth-order valence-electron chi connectivity index (χ4n) is 2.25. The molecule has 0 spiro atoms. The van der Waals surface area contributed by atoms with Crippen LogP contribution in [-0.2, 0) is 11.0 Å². The highest BCUT2D eigenvalue weighted by molar-refractivity contribution is 6.02. The Morgan fingerprint density at radius 2 is 1.93 bits per heavy atom. The number of carbonyl (C=O) groups is 1. The molecular formula is C16H11F4N5O2. The number of rotatable bonds is 3. The van der Waals surface area contributed by atoms with Crippen molar-refractivity contribution in [1.82, 2.24) is 14.6 Å². The van der Waals surface area contributed by atoms with Gasteiger partial charge in [-0.2, -0.15) is 18.3 Å². The first-order valence-electron chi connectivity index (χ1n) is 7.40. The zero-order chi connectivity index (χ0) is 19.8. The van der Waals surface area contributed by atoms with Crippen molar-refractivity contribution in [2.75, 3.05) is 0 Å². The van der Waals surface area contributed by atoms with Gasteiger partial charge in [0, 0.05) is 5.69 Å². The molecule has 0 amide bonds. The standard InChI is InChI=1S/C16H11F4N5O2/c1-8-6-12(16(18,19)20)25-14(23-8)11(7-22-25)13(21)24-27-15(26)9-2-4-10(17)5-3-9/h2-7H,1H3,(H2,21,24). The minimum absolute atomic E-state index is 0.0149. The maximum absolute atomic E-state index is 13.1. The molecule has 0 aliphatic heterocycles. The number of hydrogen-bond acceptors (Lipinski definition) is 5. The van der Waals surface area contributed by atoms with Crippen molar-refractivity contribution in [2.45, 2.75) is 13.1 Å². The summed E-state index contributed by atoms with van der Waals surface area (Å²) < 4.78 is 52.8. The predicted molar refractivity (Wildman–Crippen MR) is 85.3 cm³/mol. The summed E-state index contributed by atoms with van der Waals surface area (Å²) >= 11 is 0. The van der Waals surface area contributed by atoms with Gasteiger partial charge in [0.2, 0.25) is 0 Å². The summed E-state index contributed by atoms with van der Waals surface area (Å²) in [6, 6.07) is 5.31. The highest BCUT2D eigenvalue weighted by Gasteiger charge is 2.35. The van der Waals surface area contributed by atoms with E-state index in [4.69, 9.17) is 5.73 Å². The van der Waals surface area contributed by atoms with Crippen molar-refractivity contribution in [2.24, 2.45) is 10.9 Å². The molecule has 0 atom stereocenters. The Kier molecular flexibility index (Phi) is 4.52. The van der Waals surface area contributed by atoms with Crippen LogP contribution in [0.5, 0.6) is 0 Å². The number of fused-ring (bicyclic) bond motifs is 1. The monoisotopic (exact) mass is 381 g/mol. The van der Waals surface area contributed by atoms with Gasteiger partial charge < -0.3 is 10.6 Å². The van der Waals surface area contributed by atoms with Gasteiger partial charge >= 0.3 is 12.1 Å².